The molecule has 2 atom stereocenters. The van der Waals surface area contributed by atoms with Crippen molar-refractivity contribution in [1.82, 2.24) is 9.97 Å². The first-order chi connectivity index (χ1) is 19.4. The van der Waals surface area contributed by atoms with E-state index in [4.69, 9.17) is 4.74 Å². The van der Waals surface area contributed by atoms with E-state index in [-0.39, 0.29) is 55.8 Å². The number of aryl methyl sites for hydroxylation is 1. The molecule has 13 heteroatoms. The van der Waals surface area contributed by atoms with Crippen molar-refractivity contribution in [2.75, 3.05) is 54.5 Å². The number of nitrogens with zero attached hydrogens (tertiary/aromatic N) is 4. The third kappa shape index (κ3) is 5.76. The van der Waals surface area contributed by atoms with Crippen LogP contribution in [0.25, 0.3) is 0 Å². The molecular weight excluding hydrogens is 556 g/mol. The van der Waals surface area contributed by atoms with Gasteiger partial charge in [-0.25, -0.2) is 22.2 Å². The van der Waals surface area contributed by atoms with Crippen molar-refractivity contribution < 1.29 is 31.8 Å². The molecule has 4 heterocycles. The summed E-state index contributed by atoms with van der Waals surface area (Å²) in [5.41, 5.74) is 1.76. The number of halogens is 2. The molecule has 4 fully saturated rings. The number of nitrogens with one attached hydrogen (secondary N) is 1. The van der Waals surface area contributed by atoms with Gasteiger partial charge in [0, 0.05) is 50.8 Å². The van der Waals surface area contributed by atoms with Crippen LogP contribution in [0.3, 0.4) is 0 Å². The van der Waals surface area contributed by atoms with Gasteiger partial charge in [-0.1, -0.05) is 0 Å². The summed E-state index contributed by atoms with van der Waals surface area (Å²) >= 11 is 0. The summed E-state index contributed by atoms with van der Waals surface area (Å²) in [5, 5.41) is 12.0. The second-order valence-corrected chi connectivity index (χ2v) is 14.0. The summed E-state index contributed by atoms with van der Waals surface area (Å²) in [5.74, 6) is -2.65. The Kier molecular flexibility index (Phi) is 7.18. The third-order valence-electron chi connectivity index (χ3n) is 8.92. The lowest BCUT2D eigenvalue weighted by Gasteiger charge is -2.35. The summed E-state index contributed by atoms with van der Waals surface area (Å²) in [6.45, 7) is 3.25. The Morgan fingerprint density at radius 1 is 1.00 bits per heavy atom. The minimum atomic E-state index is -3.91. The van der Waals surface area contributed by atoms with Gasteiger partial charge in [-0.3, -0.25) is 4.79 Å². The molecule has 1 amide bonds. The van der Waals surface area contributed by atoms with Crippen molar-refractivity contribution in [2.45, 2.75) is 67.6 Å². The Morgan fingerprint density at radius 2 is 1.68 bits per heavy atom. The number of carbonyl (C=O) groups is 1. The van der Waals surface area contributed by atoms with Crippen molar-refractivity contribution in [1.29, 1.82) is 0 Å². The average Bonchev–Trinajstić information content (AvgIpc) is 3.53. The number of benzene rings is 1. The highest BCUT2D eigenvalue weighted by Gasteiger charge is 2.45. The van der Waals surface area contributed by atoms with Gasteiger partial charge in [-0.05, 0) is 56.2 Å². The van der Waals surface area contributed by atoms with E-state index in [0.717, 1.165) is 12.8 Å². The number of aromatic nitrogens is 2. The van der Waals surface area contributed by atoms with Crippen LogP contribution < -0.4 is 15.1 Å². The molecular formula is C28H35F2N5O5S. The number of anilines is 3. The fourth-order valence-electron chi connectivity index (χ4n) is 6.01. The van der Waals surface area contributed by atoms with Gasteiger partial charge in [-0.15, -0.1) is 0 Å². The van der Waals surface area contributed by atoms with Crippen LogP contribution in [0.1, 0.15) is 54.6 Å². The number of hydrogen-bond donors (Lipinski definition) is 2. The molecule has 3 aliphatic heterocycles. The Balaban J connectivity index is 1.28. The quantitative estimate of drug-likeness (QED) is 0.521. The number of sulfone groups is 1. The number of rotatable bonds is 6. The molecule has 1 aliphatic carbocycles. The predicted octanol–water partition coefficient (Wildman–Crippen LogP) is 3.19. The van der Waals surface area contributed by atoms with Crippen LogP contribution in [-0.2, 0) is 14.6 Å². The highest BCUT2D eigenvalue weighted by atomic mass is 32.2. The second kappa shape index (κ2) is 10.4. The van der Waals surface area contributed by atoms with Crippen molar-refractivity contribution in [3.8, 4) is 0 Å². The molecule has 1 spiro atoms. The Bertz CT molecular complexity index is 1430. The van der Waals surface area contributed by atoms with E-state index < -0.39 is 33.0 Å². The van der Waals surface area contributed by atoms with E-state index in [1.165, 1.54) is 31.0 Å². The number of carbonyl (C=O) groups excluding carboxylic acids is 1. The first kappa shape index (κ1) is 28.2. The lowest BCUT2D eigenvalue weighted by atomic mass is 9.93. The maximum atomic E-state index is 13.7. The third-order valence-corrected chi connectivity index (χ3v) is 11.1. The fourth-order valence-corrected chi connectivity index (χ4v) is 7.66. The molecule has 222 valence electrons. The van der Waals surface area contributed by atoms with E-state index in [1.54, 1.807) is 17.9 Å². The molecule has 10 nitrogen and oxygen atoms in total. The Hall–Kier alpha value is -2.90. The van der Waals surface area contributed by atoms with Crippen LogP contribution in [0, 0.1) is 12.3 Å². The number of aliphatic hydroxyl groups excluding tert-OH is 1. The highest BCUT2D eigenvalue weighted by Crippen LogP contribution is 2.54. The standard InChI is InChI=1S/C28H35F2N5O5S/c1-18-14-24(33-26(31-18)35-12-8-28(29,30)9-13-35)32-25(37)20-3-2-19(41(38,39)23-17-40-16-22(23)36)15-21(20)34-10-6-27(4-5-27)7-11-34/h2-3,14-15,22-23,36H,4-13,16-17H2,1H3,(H,31,32,33,37)/t22-,23?/m0/s1. The van der Waals surface area contributed by atoms with Crippen LogP contribution in [-0.4, -0.2) is 86.1 Å². The maximum Gasteiger partial charge on any atom is 0.258 e. The predicted molar refractivity (Wildman–Crippen MR) is 148 cm³/mol. The minimum absolute atomic E-state index is 0.0346. The van der Waals surface area contributed by atoms with Gasteiger partial charge in [0.05, 0.1) is 35.5 Å². The topological polar surface area (TPSA) is 125 Å². The average molecular weight is 592 g/mol. The van der Waals surface area contributed by atoms with Crippen LogP contribution in [0.15, 0.2) is 29.2 Å². The maximum absolute atomic E-state index is 13.7. The first-order valence-corrected chi connectivity index (χ1v) is 15.7. The Morgan fingerprint density at radius 3 is 2.32 bits per heavy atom. The minimum Gasteiger partial charge on any atom is -0.389 e. The number of piperidine rings is 2. The number of aliphatic hydroxyl groups is 1. The molecule has 1 aromatic carbocycles. The van der Waals surface area contributed by atoms with Crippen LogP contribution in [0.2, 0.25) is 0 Å². The van der Waals surface area contributed by atoms with Gasteiger partial charge < -0.3 is 25.0 Å². The van der Waals surface area contributed by atoms with E-state index >= 15 is 0 Å². The number of amides is 1. The lowest BCUT2D eigenvalue weighted by Crippen LogP contribution is -2.40. The SMILES string of the molecule is Cc1cc(NC(=O)c2ccc(S(=O)(=O)C3COC[C@@H]3O)cc2N2CCC3(CC2)CC3)nc(N2CCC(F)(F)CC2)n1. The molecule has 6 rings (SSSR count). The van der Waals surface area contributed by atoms with Gasteiger partial charge in [0.15, 0.2) is 9.84 Å². The second-order valence-electron chi connectivity index (χ2n) is 11.8. The normalized spacial score (nSPS) is 25.4. The van der Waals surface area contributed by atoms with Gasteiger partial charge >= 0.3 is 0 Å². The summed E-state index contributed by atoms with van der Waals surface area (Å²) in [7, 11) is -3.91. The molecule has 4 aliphatic rings. The molecule has 2 N–H and O–H groups in total. The zero-order valence-corrected chi connectivity index (χ0v) is 23.8. The number of alkyl halides is 2. The molecule has 1 unspecified atom stereocenters. The van der Waals surface area contributed by atoms with E-state index in [9.17, 15) is 27.1 Å². The molecule has 1 aromatic heterocycles. The number of ether oxygens (including phenoxy) is 1. The van der Waals surface area contributed by atoms with Crippen molar-refractivity contribution in [2.24, 2.45) is 5.41 Å². The van der Waals surface area contributed by atoms with Gasteiger partial charge in [0.25, 0.3) is 11.8 Å². The molecule has 0 bridgehead atoms. The Labute approximate surface area is 238 Å². The van der Waals surface area contributed by atoms with E-state index in [1.807, 2.05) is 0 Å². The molecule has 3 saturated heterocycles. The summed E-state index contributed by atoms with van der Waals surface area (Å²) in [4.78, 5) is 26.3. The van der Waals surface area contributed by atoms with Crippen molar-refractivity contribution >= 4 is 33.2 Å². The smallest absolute Gasteiger partial charge is 0.258 e. The first-order valence-electron chi connectivity index (χ1n) is 14.1. The fraction of sp³-hybridized carbons (Fsp3) is 0.607. The monoisotopic (exact) mass is 591 g/mol. The largest absolute Gasteiger partial charge is 0.389 e. The van der Waals surface area contributed by atoms with E-state index in [2.05, 4.69) is 20.2 Å². The summed E-state index contributed by atoms with van der Waals surface area (Å²) in [6.07, 6.45) is 2.67. The zero-order valence-electron chi connectivity index (χ0n) is 23.0. The van der Waals surface area contributed by atoms with Gasteiger partial charge in [-0.2, -0.15) is 4.98 Å². The van der Waals surface area contributed by atoms with Gasteiger partial charge in [0.1, 0.15) is 11.1 Å². The molecule has 2 aromatic rings. The molecule has 1 saturated carbocycles. The zero-order chi connectivity index (χ0) is 29.0. The van der Waals surface area contributed by atoms with Crippen LogP contribution in [0.4, 0.5) is 26.2 Å². The lowest BCUT2D eigenvalue weighted by molar-refractivity contribution is -0.0222. The molecule has 41 heavy (non-hydrogen) atoms. The summed E-state index contributed by atoms with van der Waals surface area (Å²) < 4.78 is 59.4. The van der Waals surface area contributed by atoms with Crippen LogP contribution in [0.5, 0.6) is 0 Å². The van der Waals surface area contributed by atoms with E-state index in [0.29, 0.717) is 35.4 Å². The highest BCUT2D eigenvalue weighted by molar-refractivity contribution is 7.92. The number of hydrogen-bond acceptors (Lipinski definition) is 9. The van der Waals surface area contributed by atoms with Gasteiger partial charge in [0.2, 0.25) is 5.95 Å². The van der Waals surface area contributed by atoms with Crippen molar-refractivity contribution in [3.05, 3.63) is 35.5 Å². The van der Waals surface area contributed by atoms with Crippen molar-refractivity contribution in [3.63, 3.8) is 0 Å². The molecule has 0 radical (unpaired) electrons. The van der Waals surface area contributed by atoms with Crippen LogP contribution >= 0.6 is 0 Å². The summed E-state index contributed by atoms with van der Waals surface area (Å²) in [6, 6.07) is 6.04.